The minimum absolute atomic E-state index is 0.0719. The molecule has 0 saturated carbocycles. The molecule has 1 aromatic heterocycles. The molecule has 246 valence electrons. The van der Waals surface area contributed by atoms with Crippen LogP contribution in [0, 0.1) is 18.6 Å². The summed E-state index contributed by atoms with van der Waals surface area (Å²) in [4.78, 5) is 34.6. The van der Waals surface area contributed by atoms with Crippen molar-refractivity contribution in [3.05, 3.63) is 68.2 Å². The second-order valence-electron chi connectivity index (χ2n) is 16.1. The number of fused-ring (bicyclic) bond motifs is 1. The van der Waals surface area contributed by atoms with Gasteiger partial charge in [0.15, 0.2) is 0 Å². The van der Waals surface area contributed by atoms with Crippen molar-refractivity contribution in [2.75, 3.05) is 11.4 Å². The number of nitrogens with zero attached hydrogens (tertiary/aromatic N) is 2. The zero-order valence-electron chi connectivity index (χ0n) is 30.2. The highest BCUT2D eigenvalue weighted by Crippen LogP contribution is 2.64. The number of anilines is 1. The van der Waals surface area contributed by atoms with Crippen LogP contribution in [0.3, 0.4) is 0 Å². The van der Waals surface area contributed by atoms with Crippen molar-refractivity contribution in [1.29, 1.82) is 0 Å². The van der Waals surface area contributed by atoms with Crippen LogP contribution in [0.2, 0.25) is 15.5 Å². The number of hydrogen-bond donors (Lipinski definition) is 1. The average Bonchev–Trinajstić information content (AvgIpc) is 3.01. The maximum Gasteiger partial charge on any atom is 0.306 e. The number of esters is 1. The van der Waals surface area contributed by atoms with E-state index in [1.807, 2.05) is 25.1 Å². The predicted octanol–water partition coefficient (Wildman–Crippen LogP) is -0.702. The van der Waals surface area contributed by atoms with E-state index in [4.69, 9.17) is 21.3 Å². The zero-order chi connectivity index (χ0) is 36.4. The van der Waals surface area contributed by atoms with Crippen molar-refractivity contribution < 1.29 is 23.1 Å². The number of amides is 1. The molecule has 0 radical (unpaired) electrons. The van der Waals surface area contributed by atoms with E-state index in [0.717, 1.165) is 16.6 Å². The van der Waals surface area contributed by atoms with Gasteiger partial charge in [-0.05, 0) is 75.1 Å². The Kier molecular flexibility index (Phi) is 10.5. The quantitative estimate of drug-likeness (QED) is 0.189. The van der Waals surface area contributed by atoms with Gasteiger partial charge in [-0.1, -0.05) is 38.0 Å². The van der Waals surface area contributed by atoms with Gasteiger partial charge >= 0.3 is 5.97 Å². The predicted molar refractivity (Wildman–Crippen MR) is 217 cm³/mol. The van der Waals surface area contributed by atoms with Gasteiger partial charge in [-0.2, -0.15) is 0 Å². The molecular formula is C30H41B8BrClF2N3O3. The number of aromatic nitrogens is 1. The van der Waals surface area contributed by atoms with Crippen LogP contribution in [-0.4, -0.2) is 102 Å². The molecule has 1 fully saturated rings. The molecule has 6 nitrogen and oxygen atoms in total. The first-order valence-electron chi connectivity index (χ1n) is 16.4. The number of rotatable bonds is 8. The Bertz CT molecular complexity index is 1770. The van der Waals surface area contributed by atoms with E-state index in [-0.39, 0.29) is 51.1 Å². The third-order valence-electron chi connectivity index (χ3n) is 11.5. The fraction of sp³-hybridized carbons (Fsp3) is 0.433. The van der Waals surface area contributed by atoms with Gasteiger partial charge in [0.1, 0.15) is 54.4 Å². The summed E-state index contributed by atoms with van der Waals surface area (Å²) in [6, 6.07) is 7.61. The van der Waals surface area contributed by atoms with E-state index < -0.39 is 35.0 Å². The molecule has 4 rings (SSSR count). The monoisotopic (exact) mass is 731 g/mol. The van der Waals surface area contributed by atoms with Crippen molar-refractivity contribution in [1.82, 2.24) is 10.3 Å². The van der Waals surface area contributed by atoms with Crippen LogP contribution in [0.25, 0.3) is 10.9 Å². The molecule has 0 spiro atoms. The van der Waals surface area contributed by atoms with Crippen molar-refractivity contribution in [2.45, 2.75) is 73.2 Å². The Morgan fingerprint density at radius 2 is 1.56 bits per heavy atom. The largest absolute Gasteiger partial charge is 0.460 e. The molecule has 1 unspecified atom stereocenters. The van der Waals surface area contributed by atoms with Crippen LogP contribution in [0.15, 0.2) is 34.8 Å². The number of benzene rings is 2. The van der Waals surface area contributed by atoms with Crippen LogP contribution in [0.5, 0.6) is 0 Å². The second kappa shape index (κ2) is 13.1. The van der Waals surface area contributed by atoms with Crippen LogP contribution in [0.1, 0.15) is 61.0 Å². The molecule has 1 N–H and O–H groups in total. The number of ether oxygens (including phenoxy) is 1. The van der Waals surface area contributed by atoms with Crippen molar-refractivity contribution >= 4 is 119 Å². The van der Waals surface area contributed by atoms with Gasteiger partial charge in [0, 0.05) is 39.9 Å². The highest BCUT2D eigenvalue weighted by molar-refractivity contribution is 9.10. The Balaban J connectivity index is 1.81. The van der Waals surface area contributed by atoms with Gasteiger partial charge in [0.2, 0.25) is 0 Å². The number of carbonyl (C=O) groups is 2. The summed E-state index contributed by atoms with van der Waals surface area (Å²) in [6.45, 7) is 7.07. The van der Waals surface area contributed by atoms with Gasteiger partial charge in [0.25, 0.3) is 5.91 Å². The number of pyridine rings is 1. The Labute approximate surface area is 303 Å². The molecule has 1 saturated heterocycles. The van der Waals surface area contributed by atoms with Gasteiger partial charge in [-0.25, -0.2) is 13.8 Å². The molecule has 48 heavy (non-hydrogen) atoms. The highest BCUT2D eigenvalue weighted by Gasteiger charge is 2.65. The normalized spacial score (nSPS) is 18.4. The molecular weight excluding hydrogens is 690 g/mol. The van der Waals surface area contributed by atoms with Gasteiger partial charge in [-0.3, -0.25) is 9.59 Å². The Morgan fingerprint density at radius 3 is 2.12 bits per heavy atom. The van der Waals surface area contributed by atoms with Gasteiger partial charge < -0.3 is 15.0 Å². The maximum atomic E-state index is 15.2. The lowest BCUT2D eigenvalue weighted by Crippen LogP contribution is -2.60. The Hall–Kier alpha value is -2.26. The molecule has 18 heteroatoms. The number of nitrogens with one attached hydrogen (secondary N) is 1. The molecule has 0 aliphatic carbocycles. The van der Waals surface area contributed by atoms with Gasteiger partial charge in [0.05, 0.1) is 47.5 Å². The van der Waals surface area contributed by atoms with Crippen molar-refractivity contribution in [2.24, 2.45) is 0 Å². The molecule has 3 aromatic rings. The third kappa shape index (κ3) is 6.63. The SMILES string of the molecule is BC1(B)N(c2nc3ccc(Br)cc3c(C(=O)NCC(CCC(=O)OC(C)(C)C)c3c(F)ccc(F)c3Cl)c2C)C(B)(B)C(B)(B)C1(B)B. The topological polar surface area (TPSA) is 71.5 Å². The molecule has 2 aromatic carbocycles. The van der Waals surface area contributed by atoms with Crippen LogP contribution >= 0.6 is 27.5 Å². The van der Waals surface area contributed by atoms with Crippen LogP contribution in [-0.2, 0) is 9.53 Å². The second-order valence-corrected chi connectivity index (χ2v) is 17.4. The first-order valence-corrected chi connectivity index (χ1v) is 17.6. The smallest absolute Gasteiger partial charge is 0.306 e. The van der Waals surface area contributed by atoms with Crippen molar-refractivity contribution in [3.8, 4) is 0 Å². The minimum Gasteiger partial charge on any atom is -0.460 e. The summed E-state index contributed by atoms with van der Waals surface area (Å²) in [5.41, 5.74) is 0.983. The molecule has 1 amide bonds. The first-order chi connectivity index (χ1) is 21.9. The van der Waals surface area contributed by atoms with Crippen LogP contribution in [0.4, 0.5) is 14.6 Å². The molecule has 1 aliphatic rings. The minimum atomic E-state index is -0.817. The standard InChI is InChI=1S/C30H41B8BrClF2N3O3/c1-13-21(25(47)43-12-14(5-10-20(46)48-26(2,3)4)22-17(41)7-8-18(42)23(22)40)16-11-15(39)6-9-19(16)44-24(13)45-29(35,36)27(31,32)28(33,34)30(45,37)38/h6-9,11,14H,5,10,12,31-38H2,1-4H3,(H,43,47). The third-order valence-corrected chi connectivity index (χ3v) is 12.3. The van der Waals surface area contributed by atoms with Crippen LogP contribution < -0.4 is 10.2 Å². The lowest BCUT2D eigenvalue weighted by molar-refractivity contribution is -0.155. The summed E-state index contributed by atoms with van der Waals surface area (Å²) in [6.07, 6.45) is -0.00836. The van der Waals surface area contributed by atoms with E-state index in [2.05, 4.69) is 88.9 Å². The molecule has 1 aliphatic heterocycles. The van der Waals surface area contributed by atoms with E-state index in [9.17, 15) is 14.0 Å². The van der Waals surface area contributed by atoms with E-state index in [1.54, 1.807) is 20.8 Å². The fourth-order valence-electron chi connectivity index (χ4n) is 7.40. The zero-order valence-corrected chi connectivity index (χ0v) is 32.6. The number of carbonyl (C=O) groups excluding carboxylic acids is 2. The fourth-order valence-corrected chi connectivity index (χ4v) is 8.07. The van der Waals surface area contributed by atoms with E-state index in [1.165, 1.54) is 0 Å². The summed E-state index contributed by atoms with van der Waals surface area (Å²) < 4.78 is 36.1. The number of hydrogen-bond acceptors (Lipinski definition) is 5. The van der Waals surface area contributed by atoms with E-state index in [0.29, 0.717) is 27.8 Å². The summed E-state index contributed by atoms with van der Waals surface area (Å²) in [7, 11) is 18.0. The molecule has 1 atom stereocenters. The Morgan fingerprint density at radius 1 is 1.00 bits per heavy atom. The first kappa shape index (κ1) is 38.5. The molecule has 0 bridgehead atoms. The lowest BCUT2D eigenvalue weighted by Gasteiger charge is -2.47. The highest BCUT2D eigenvalue weighted by atomic mass is 79.9. The maximum absolute atomic E-state index is 15.2. The number of halogens is 4. The summed E-state index contributed by atoms with van der Waals surface area (Å²) in [5, 5.41) is 2.26. The van der Waals surface area contributed by atoms with Crippen molar-refractivity contribution in [3.63, 3.8) is 0 Å². The molecule has 2 heterocycles. The van der Waals surface area contributed by atoms with Gasteiger partial charge in [-0.15, -0.1) is 0 Å². The summed E-state index contributed by atoms with van der Waals surface area (Å²) >= 11 is 9.85. The average molecular weight is 732 g/mol. The summed E-state index contributed by atoms with van der Waals surface area (Å²) in [5.74, 6) is -2.49. The van der Waals surface area contributed by atoms with E-state index >= 15 is 4.39 Å². The lowest BCUT2D eigenvalue weighted by atomic mass is 9.17.